The average Bonchev–Trinajstić information content (AvgIpc) is 3.15. The minimum atomic E-state index is -4.36. The highest BCUT2D eigenvalue weighted by molar-refractivity contribution is 8.03. The molecule has 3 heterocycles. The number of aromatic hydroxyl groups is 1. The molecule has 3 aromatic rings. The summed E-state index contributed by atoms with van der Waals surface area (Å²) < 4.78 is 51.6. The summed E-state index contributed by atoms with van der Waals surface area (Å²) in [5.41, 5.74) is 0.568. The Labute approximate surface area is 219 Å². The summed E-state index contributed by atoms with van der Waals surface area (Å²) >= 11 is 0.785. The van der Waals surface area contributed by atoms with Crippen LogP contribution >= 0.6 is 11.8 Å². The number of pyridine rings is 1. The molecule has 1 spiro atoms. The second kappa shape index (κ2) is 8.83. The van der Waals surface area contributed by atoms with Crippen LogP contribution in [-0.4, -0.2) is 23.0 Å². The molecule has 1 aromatic carbocycles. The van der Waals surface area contributed by atoms with E-state index in [1.165, 1.54) is 12.2 Å². The molecule has 198 valence electrons. The Morgan fingerprint density at radius 1 is 1.16 bits per heavy atom. The smallest absolute Gasteiger partial charge is 0.395 e. The molecule has 6 nitrogen and oxygen atoms in total. The Morgan fingerprint density at radius 2 is 1.92 bits per heavy atom. The molecule has 38 heavy (non-hydrogen) atoms. The number of allylic oxidation sites excluding steroid dienone is 3. The maximum absolute atomic E-state index is 13.9. The number of benzene rings is 1. The Bertz CT molecular complexity index is 1640. The van der Waals surface area contributed by atoms with E-state index >= 15 is 0 Å². The highest BCUT2D eigenvalue weighted by atomic mass is 32.2. The second-order valence-electron chi connectivity index (χ2n) is 9.95. The van der Waals surface area contributed by atoms with Gasteiger partial charge in [0, 0.05) is 22.1 Å². The molecule has 1 saturated carbocycles. The SMILES string of the molecule is COc1ccc2c(c1)C1(CCCCC1)c1cc3oc(=O)c(SC4=CCC(C(F)(F)F)C=C4)c(O)c3c(=O)n1-2. The maximum Gasteiger partial charge on any atom is 0.395 e. The van der Waals surface area contributed by atoms with E-state index in [-0.39, 0.29) is 22.3 Å². The van der Waals surface area contributed by atoms with Crippen molar-refractivity contribution in [2.75, 3.05) is 7.11 Å². The molecule has 3 aliphatic rings. The first-order valence-corrected chi connectivity index (χ1v) is 13.2. The third kappa shape index (κ3) is 3.72. The fourth-order valence-electron chi connectivity index (χ4n) is 6.00. The summed E-state index contributed by atoms with van der Waals surface area (Å²) in [6.45, 7) is 0. The number of alkyl halides is 3. The van der Waals surface area contributed by atoms with Crippen molar-refractivity contribution < 1.29 is 27.4 Å². The quantitative estimate of drug-likeness (QED) is 0.416. The van der Waals surface area contributed by atoms with Crippen LogP contribution in [0.25, 0.3) is 16.7 Å². The van der Waals surface area contributed by atoms with Gasteiger partial charge in [-0.05, 0) is 43.0 Å². The van der Waals surface area contributed by atoms with E-state index < -0.39 is 34.4 Å². The van der Waals surface area contributed by atoms with Crippen molar-refractivity contribution in [2.24, 2.45) is 5.92 Å². The molecular formula is C28H24F3NO5S. The lowest BCUT2D eigenvalue weighted by molar-refractivity contribution is -0.160. The Hall–Kier alpha value is -3.40. The van der Waals surface area contributed by atoms with Crippen LogP contribution < -0.4 is 15.9 Å². The van der Waals surface area contributed by atoms with Gasteiger partial charge in [0.1, 0.15) is 21.6 Å². The molecule has 0 bridgehead atoms. The summed E-state index contributed by atoms with van der Waals surface area (Å²) in [4.78, 5) is 27.0. The summed E-state index contributed by atoms with van der Waals surface area (Å²) in [5, 5.41) is 11.0. The largest absolute Gasteiger partial charge is 0.505 e. The van der Waals surface area contributed by atoms with E-state index in [0.29, 0.717) is 16.3 Å². The van der Waals surface area contributed by atoms with E-state index in [9.17, 15) is 27.9 Å². The Morgan fingerprint density at radius 3 is 2.58 bits per heavy atom. The van der Waals surface area contributed by atoms with E-state index in [4.69, 9.17) is 9.15 Å². The predicted octanol–water partition coefficient (Wildman–Crippen LogP) is 6.34. The van der Waals surface area contributed by atoms with Gasteiger partial charge in [-0.15, -0.1) is 0 Å². The molecule has 0 radical (unpaired) electrons. The first-order valence-electron chi connectivity index (χ1n) is 12.4. The van der Waals surface area contributed by atoms with Crippen molar-refractivity contribution in [3.05, 3.63) is 79.4 Å². The number of hydrogen-bond acceptors (Lipinski definition) is 6. The maximum atomic E-state index is 13.9. The summed E-state index contributed by atoms with van der Waals surface area (Å²) in [6.07, 6.45) is 3.69. The fourth-order valence-corrected chi connectivity index (χ4v) is 6.89. The monoisotopic (exact) mass is 543 g/mol. The van der Waals surface area contributed by atoms with Crippen LogP contribution in [0.3, 0.4) is 0 Å². The van der Waals surface area contributed by atoms with Crippen molar-refractivity contribution >= 4 is 22.7 Å². The van der Waals surface area contributed by atoms with Gasteiger partial charge in [-0.25, -0.2) is 4.79 Å². The standard InChI is InChI=1S/C28H24F3NO5S/c1-36-16-7-10-19-18(13-16)27(11-3-2-4-12-27)21-14-20-22(25(34)32(19)21)23(33)24(26(35)37-20)38-17-8-5-15(6-9-17)28(29,30)31/h5,7-10,13-15,33H,2-4,6,11-12H2,1H3. The molecule has 0 amide bonds. The number of thioether (sulfide) groups is 1. The predicted molar refractivity (Wildman–Crippen MR) is 137 cm³/mol. The van der Waals surface area contributed by atoms with Crippen LogP contribution in [0.5, 0.6) is 11.5 Å². The first kappa shape index (κ1) is 24.9. The molecule has 1 atom stereocenters. The van der Waals surface area contributed by atoms with Crippen LogP contribution in [0.2, 0.25) is 0 Å². The number of halogens is 3. The van der Waals surface area contributed by atoms with Gasteiger partial charge in [0.2, 0.25) is 0 Å². The number of fused-ring (bicyclic) bond motifs is 6. The highest BCUT2D eigenvalue weighted by Gasteiger charge is 2.46. The van der Waals surface area contributed by atoms with Crippen LogP contribution in [0, 0.1) is 5.92 Å². The van der Waals surface area contributed by atoms with Gasteiger partial charge in [-0.3, -0.25) is 9.36 Å². The van der Waals surface area contributed by atoms with Crippen molar-refractivity contribution in [3.63, 3.8) is 0 Å². The number of nitrogens with zero attached hydrogens (tertiary/aromatic N) is 1. The number of hydrogen-bond donors (Lipinski definition) is 1. The number of ether oxygens (including phenoxy) is 1. The zero-order valence-electron chi connectivity index (χ0n) is 20.4. The number of methoxy groups -OCH3 is 1. The summed E-state index contributed by atoms with van der Waals surface area (Å²) in [7, 11) is 1.59. The van der Waals surface area contributed by atoms with Crippen LogP contribution in [0.1, 0.15) is 49.8 Å². The topological polar surface area (TPSA) is 81.7 Å². The van der Waals surface area contributed by atoms with Gasteiger partial charge in [0.05, 0.1) is 18.7 Å². The van der Waals surface area contributed by atoms with Gasteiger partial charge in [0.15, 0.2) is 5.75 Å². The zero-order valence-corrected chi connectivity index (χ0v) is 21.2. The lowest BCUT2D eigenvalue weighted by Crippen LogP contribution is -2.31. The van der Waals surface area contributed by atoms with E-state index in [0.717, 1.165) is 61.2 Å². The Balaban J connectivity index is 1.50. The molecule has 1 N–H and O–H groups in total. The summed E-state index contributed by atoms with van der Waals surface area (Å²) in [5.74, 6) is -1.46. The van der Waals surface area contributed by atoms with Crippen molar-refractivity contribution in [2.45, 2.75) is 55.0 Å². The highest BCUT2D eigenvalue weighted by Crippen LogP contribution is 2.52. The van der Waals surface area contributed by atoms with Gasteiger partial charge in [-0.2, -0.15) is 13.2 Å². The average molecular weight is 544 g/mol. The van der Waals surface area contributed by atoms with Crippen LogP contribution in [-0.2, 0) is 5.41 Å². The van der Waals surface area contributed by atoms with Crippen molar-refractivity contribution in [3.8, 4) is 17.2 Å². The van der Waals surface area contributed by atoms with Crippen LogP contribution in [0.15, 0.2) is 66.3 Å². The van der Waals surface area contributed by atoms with Gasteiger partial charge < -0.3 is 14.3 Å². The van der Waals surface area contributed by atoms with Crippen molar-refractivity contribution in [1.82, 2.24) is 4.57 Å². The summed E-state index contributed by atoms with van der Waals surface area (Å²) in [6, 6.07) is 7.24. The molecule has 0 saturated heterocycles. The Kier molecular flexibility index (Phi) is 5.79. The van der Waals surface area contributed by atoms with E-state index in [1.807, 2.05) is 12.1 Å². The van der Waals surface area contributed by atoms with Gasteiger partial charge >= 0.3 is 11.8 Å². The second-order valence-corrected chi connectivity index (χ2v) is 11.0. The lowest BCUT2D eigenvalue weighted by Gasteiger charge is -2.34. The fraction of sp³-hybridized carbons (Fsp3) is 0.357. The lowest BCUT2D eigenvalue weighted by atomic mass is 9.68. The van der Waals surface area contributed by atoms with E-state index in [2.05, 4.69) is 0 Å². The molecule has 10 heteroatoms. The third-order valence-electron chi connectivity index (χ3n) is 7.88. The number of rotatable bonds is 3. The normalized spacial score (nSPS) is 19.9. The first-order chi connectivity index (χ1) is 18.1. The minimum Gasteiger partial charge on any atom is -0.505 e. The van der Waals surface area contributed by atoms with Gasteiger partial charge in [0.25, 0.3) is 5.56 Å². The third-order valence-corrected chi connectivity index (χ3v) is 8.98. The van der Waals surface area contributed by atoms with E-state index in [1.54, 1.807) is 23.8 Å². The molecule has 6 rings (SSSR count). The van der Waals surface area contributed by atoms with Gasteiger partial charge in [-0.1, -0.05) is 49.3 Å². The molecule has 1 aliphatic heterocycles. The minimum absolute atomic E-state index is 0.0110. The molecule has 1 unspecified atom stereocenters. The zero-order chi connectivity index (χ0) is 26.8. The molecular weight excluding hydrogens is 519 g/mol. The molecule has 2 aliphatic carbocycles. The molecule has 1 fully saturated rings. The van der Waals surface area contributed by atoms with Crippen molar-refractivity contribution in [1.29, 1.82) is 0 Å². The molecule has 2 aromatic heterocycles. The van der Waals surface area contributed by atoms with Crippen LogP contribution in [0.4, 0.5) is 13.2 Å². The number of aromatic nitrogens is 1.